The molecule has 15 heavy (non-hydrogen) atoms. The Kier molecular flexibility index (Phi) is 7.07. The van der Waals surface area contributed by atoms with E-state index in [-0.39, 0.29) is 0 Å². The second kappa shape index (κ2) is 7.47. The molecule has 0 unspecified atom stereocenters. The Labute approximate surface area is 96.1 Å². The molecule has 0 aliphatic heterocycles. The van der Waals surface area contributed by atoms with E-state index in [2.05, 4.69) is 0 Å². The molecule has 0 bridgehead atoms. The van der Waals surface area contributed by atoms with Crippen molar-refractivity contribution >= 4 is 16.2 Å². The summed E-state index contributed by atoms with van der Waals surface area (Å²) in [7, 11) is -4.13. The molecule has 0 amide bonds. The monoisotopic (exact) mass is 263 g/mol. The van der Waals surface area contributed by atoms with Gasteiger partial charge in [0.1, 0.15) is 0 Å². The summed E-state index contributed by atoms with van der Waals surface area (Å²) in [6, 6.07) is 8.75. The van der Waals surface area contributed by atoms with Crippen LogP contribution in [0.2, 0.25) is 0 Å². The molecule has 1 aromatic carbocycles. The molecule has 5 nitrogen and oxygen atoms in total. The van der Waals surface area contributed by atoms with E-state index in [1.54, 1.807) is 24.3 Å². The van der Waals surface area contributed by atoms with E-state index in [0.29, 0.717) is 5.56 Å². The minimum atomic E-state index is -4.13. The van der Waals surface area contributed by atoms with Gasteiger partial charge in [0.05, 0.1) is 0 Å². The second-order valence-electron chi connectivity index (χ2n) is 2.23. The molecular formula is C8H7O5STi-. The molecule has 1 N–H and O–H groups in total. The molecule has 1 aromatic rings. The van der Waals surface area contributed by atoms with E-state index < -0.39 is 29.2 Å². The quantitative estimate of drug-likeness (QED) is 0.490. The molecule has 0 aromatic heterocycles. The van der Waals surface area contributed by atoms with Crippen molar-refractivity contribution in [2.75, 3.05) is 0 Å². The van der Waals surface area contributed by atoms with Crippen molar-refractivity contribution in [3.63, 3.8) is 0 Å². The van der Waals surface area contributed by atoms with Crippen LogP contribution >= 0.6 is 0 Å². The summed E-state index contributed by atoms with van der Waals surface area (Å²) >= 11 is -2.00. The summed E-state index contributed by atoms with van der Waals surface area (Å²) < 4.78 is 45.7. The van der Waals surface area contributed by atoms with Crippen molar-refractivity contribution in [1.82, 2.24) is 0 Å². The van der Waals surface area contributed by atoms with Crippen LogP contribution in [0.5, 0.6) is 0 Å². The number of hydrogen-bond acceptors (Lipinski definition) is 4. The molecule has 0 heterocycles. The van der Waals surface area contributed by atoms with Crippen molar-refractivity contribution in [2.24, 2.45) is 0 Å². The molecule has 7 heteroatoms. The molecule has 0 aliphatic rings. The number of rotatable bonds is 2. The first-order valence-electron chi connectivity index (χ1n) is 3.62. The Bertz CT molecular complexity index is 445. The van der Waals surface area contributed by atoms with Gasteiger partial charge in [0, 0.05) is 0 Å². The third-order valence-electron chi connectivity index (χ3n) is 1.17. The van der Waals surface area contributed by atoms with Gasteiger partial charge in [-0.3, -0.25) is 4.55 Å². The molecule has 0 radical (unpaired) electrons. The number of hydrogen-bond donors (Lipinski definition) is 1. The van der Waals surface area contributed by atoms with Gasteiger partial charge in [-0.15, -0.1) is 17.5 Å². The van der Waals surface area contributed by atoms with Crippen molar-refractivity contribution in [3.8, 4) is 0 Å². The Morgan fingerprint density at radius 1 is 1.20 bits per heavy atom. The van der Waals surface area contributed by atoms with Gasteiger partial charge in [0.25, 0.3) is 0 Å². The average Bonchev–Trinajstić information content (AvgIpc) is 2.17. The van der Waals surface area contributed by atoms with E-state index in [1.165, 1.54) is 6.08 Å². The summed E-state index contributed by atoms with van der Waals surface area (Å²) in [4.78, 5) is 0. The third-order valence-corrected chi connectivity index (χ3v) is 1.59. The second-order valence-corrected chi connectivity index (χ2v) is 3.68. The summed E-state index contributed by atoms with van der Waals surface area (Å²) in [5.41, 5.74) is 0.676. The fraction of sp³-hybridized carbons (Fsp3) is 0. The van der Waals surface area contributed by atoms with Gasteiger partial charge in [0.2, 0.25) is 10.1 Å². The van der Waals surface area contributed by atoms with Crippen LogP contribution in [0.3, 0.4) is 0 Å². The van der Waals surface area contributed by atoms with Crippen LogP contribution < -0.4 is 0 Å². The standard InChI is InChI=1S/C8H7O3S.2O.Ti/c9-12(10,11)7-6-8-4-2-1-3-5-8;;;/h1-6H,(H,9,10,11);;;/q-1;;;. The normalized spacial score (nSPS) is 10.2. The molecule has 0 fully saturated rings. The van der Waals surface area contributed by atoms with Crippen LogP contribution in [0.1, 0.15) is 5.56 Å². The minimum absolute atomic E-state index is 0.676. The topological polar surface area (TPSA) is 88.5 Å². The van der Waals surface area contributed by atoms with E-state index in [4.69, 9.17) is 11.2 Å². The summed E-state index contributed by atoms with van der Waals surface area (Å²) in [5.74, 6) is 0. The van der Waals surface area contributed by atoms with Crippen LogP contribution in [-0.2, 0) is 35.9 Å². The maximum atomic E-state index is 10.2. The van der Waals surface area contributed by atoms with Crippen molar-refractivity contribution < 1.29 is 38.7 Å². The SMILES string of the molecule is O=S(=O)(O)[C-]=Cc1ccccc1.[O]=[Ti]=[O]. The zero-order valence-corrected chi connectivity index (χ0v) is 9.83. The molecule has 0 spiro atoms. The molecule has 0 saturated carbocycles. The van der Waals surface area contributed by atoms with E-state index in [9.17, 15) is 8.42 Å². The zero-order valence-electron chi connectivity index (χ0n) is 7.45. The molecule has 0 saturated heterocycles. The molecule has 0 aliphatic carbocycles. The zero-order chi connectivity index (χ0) is 11.7. The van der Waals surface area contributed by atoms with Crippen molar-refractivity contribution in [3.05, 3.63) is 41.3 Å². The molecular weight excluding hydrogens is 256 g/mol. The van der Waals surface area contributed by atoms with Gasteiger partial charge in [-0.1, -0.05) is 18.2 Å². The summed E-state index contributed by atoms with van der Waals surface area (Å²) in [6.45, 7) is 0. The first kappa shape index (κ1) is 14.2. The Morgan fingerprint density at radius 2 is 1.67 bits per heavy atom. The van der Waals surface area contributed by atoms with E-state index in [1.807, 2.05) is 11.5 Å². The average molecular weight is 263 g/mol. The molecule has 1 rings (SSSR count). The number of benzene rings is 1. The van der Waals surface area contributed by atoms with Gasteiger partial charge in [-0.05, 0) is 0 Å². The van der Waals surface area contributed by atoms with Crippen LogP contribution in [0.25, 0.3) is 6.08 Å². The maximum absolute atomic E-state index is 10.2. The van der Waals surface area contributed by atoms with E-state index >= 15 is 0 Å². The van der Waals surface area contributed by atoms with Gasteiger partial charge < -0.3 is 0 Å². The first-order chi connectivity index (χ1) is 6.99. The predicted molar refractivity (Wildman–Crippen MR) is 47.1 cm³/mol. The van der Waals surface area contributed by atoms with E-state index in [0.717, 1.165) is 0 Å². The molecule has 80 valence electrons. The third kappa shape index (κ3) is 9.49. The Balaban J connectivity index is 0.000000583. The van der Waals surface area contributed by atoms with Gasteiger partial charge >= 0.3 is 25.7 Å². The van der Waals surface area contributed by atoms with Crippen LogP contribution in [0, 0.1) is 5.41 Å². The fourth-order valence-corrected chi connectivity index (χ4v) is 0.977. The van der Waals surface area contributed by atoms with Crippen LogP contribution in [-0.4, -0.2) is 13.0 Å². The van der Waals surface area contributed by atoms with Crippen LogP contribution in [0.15, 0.2) is 30.3 Å². The Morgan fingerprint density at radius 3 is 2.07 bits per heavy atom. The van der Waals surface area contributed by atoms with Gasteiger partial charge in [0.15, 0.2) is 0 Å². The van der Waals surface area contributed by atoms with Crippen molar-refractivity contribution in [1.29, 1.82) is 0 Å². The van der Waals surface area contributed by atoms with Crippen molar-refractivity contribution in [2.45, 2.75) is 0 Å². The summed E-state index contributed by atoms with van der Waals surface area (Å²) in [6.07, 6.45) is 1.20. The Hall–Kier alpha value is -0.816. The first-order valence-corrected chi connectivity index (χ1v) is 6.33. The van der Waals surface area contributed by atoms with Crippen LogP contribution in [0.4, 0.5) is 0 Å². The fourth-order valence-electron chi connectivity index (χ4n) is 0.692. The summed E-state index contributed by atoms with van der Waals surface area (Å²) in [5, 5.41) is 1.84. The van der Waals surface area contributed by atoms with Gasteiger partial charge in [-0.25, -0.2) is 14.5 Å². The predicted octanol–water partition coefficient (Wildman–Crippen LogP) is 1.11. The van der Waals surface area contributed by atoms with Gasteiger partial charge in [-0.2, -0.15) is 5.56 Å². The molecule has 0 atom stereocenters.